The molecule has 2 heterocycles. The van der Waals surface area contributed by atoms with Crippen LogP contribution in [-0.2, 0) is 4.74 Å². The van der Waals surface area contributed by atoms with Crippen LogP contribution in [0.25, 0.3) is 5.69 Å². The van der Waals surface area contributed by atoms with Crippen LogP contribution in [0, 0.1) is 0 Å². The molecule has 1 aromatic heterocycles. The average Bonchev–Trinajstić information content (AvgIpc) is 2.96. The Morgan fingerprint density at radius 2 is 2.05 bits per heavy atom. The lowest BCUT2D eigenvalue weighted by atomic mass is 9.94. The third-order valence-electron chi connectivity index (χ3n) is 4.03. The van der Waals surface area contributed by atoms with Gasteiger partial charge in [0.1, 0.15) is 0 Å². The number of nitrogens with one attached hydrogen (secondary N) is 1. The molecule has 0 spiro atoms. The van der Waals surface area contributed by atoms with E-state index in [2.05, 4.69) is 56.3 Å². The van der Waals surface area contributed by atoms with Gasteiger partial charge in [0.25, 0.3) is 0 Å². The van der Waals surface area contributed by atoms with Gasteiger partial charge in [-0.3, -0.25) is 0 Å². The van der Waals surface area contributed by atoms with Gasteiger partial charge in [0.05, 0.1) is 22.9 Å². The van der Waals surface area contributed by atoms with Crippen molar-refractivity contribution in [3.8, 4) is 5.69 Å². The molecule has 0 amide bonds. The average molecular weight is 285 g/mol. The molecule has 1 aromatic carbocycles. The first-order valence-corrected chi connectivity index (χ1v) is 7.43. The molecule has 112 valence electrons. The molecular weight excluding hydrogens is 262 g/mol. The van der Waals surface area contributed by atoms with E-state index in [1.165, 1.54) is 0 Å². The van der Waals surface area contributed by atoms with E-state index < -0.39 is 0 Å². The van der Waals surface area contributed by atoms with Crippen molar-refractivity contribution in [2.45, 2.75) is 51.4 Å². The topological polar surface area (TPSA) is 39.1 Å². The number of anilines is 1. The van der Waals surface area contributed by atoms with Gasteiger partial charge in [0.15, 0.2) is 0 Å². The van der Waals surface area contributed by atoms with E-state index >= 15 is 0 Å². The Morgan fingerprint density at radius 3 is 2.67 bits per heavy atom. The highest BCUT2D eigenvalue weighted by molar-refractivity contribution is 5.52. The largest absolute Gasteiger partial charge is 0.379 e. The van der Waals surface area contributed by atoms with E-state index in [9.17, 15) is 0 Å². The Labute approximate surface area is 126 Å². The number of aromatic nitrogens is 2. The van der Waals surface area contributed by atoms with Crippen LogP contribution >= 0.6 is 0 Å². The molecule has 1 fully saturated rings. The summed E-state index contributed by atoms with van der Waals surface area (Å²) in [4.78, 5) is 0. The molecule has 1 N–H and O–H groups in total. The lowest BCUT2D eigenvalue weighted by Gasteiger charge is -2.28. The van der Waals surface area contributed by atoms with E-state index in [1.54, 1.807) is 6.20 Å². The zero-order chi connectivity index (χ0) is 15.1. The molecule has 1 aliphatic rings. The van der Waals surface area contributed by atoms with Crippen molar-refractivity contribution in [1.29, 1.82) is 0 Å². The first-order chi connectivity index (χ1) is 9.86. The predicted octanol–water partition coefficient (Wildman–Crippen LogP) is 3.63. The molecule has 4 nitrogen and oxygen atoms in total. The van der Waals surface area contributed by atoms with E-state index in [0.29, 0.717) is 6.04 Å². The van der Waals surface area contributed by atoms with Crippen molar-refractivity contribution in [1.82, 2.24) is 9.78 Å². The van der Waals surface area contributed by atoms with Gasteiger partial charge in [-0.15, -0.1) is 0 Å². The number of nitrogens with zero attached hydrogens (tertiary/aromatic N) is 2. The fourth-order valence-corrected chi connectivity index (χ4v) is 3.15. The predicted molar refractivity (Wildman–Crippen MR) is 84.8 cm³/mol. The number of ether oxygens (including phenoxy) is 1. The van der Waals surface area contributed by atoms with Crippen LogP contribution in [0.4, 0.5) is 5.69 Å². The standard InChI is InChI=1S/C17H23N3O/c1-16(2)12-15(17(3,4)21-16)19-13-7-5-8-14(11-13)20-10-6-9-18-20/h5-11,15,19H,12H2,1-4H3. The fraction of sp³-hybridized carbons (Fsp3) is 0.471. The third-order valence-corrected chi connectivity index (χ3v) is 4.03. The van der Waals surface area contributed by atoms with E-state index in [0.717, 1.165) is 17.8 Å². The van der Waals surface area contributed by atoms with Crippen molar-refractivity contribution in [3.05, 3.63) is 42.7 Å². The molecule has 2 aromatic rings. The monoisotopic (exact) mass is 285 g/mol. The Bertz CT molecular complexity index is 617. The van der Waals surface area contributed by atoms with Crippen molar-refractivity contribution in [2.24, 2.45) is 0 Å². The third kappa shape index (κ3) is 2.95. The zero-order valence-corrected chi connectivity index (χ0v) is 13.1. The van der Waals surface area contributed by atoms with Crippen LogP contribution in [0.1, 0.15) is 34.1 Å². The van der Waals surface area contributed by atoms with Crippen LogP contribution in [0.5, 0.6) is 0 Å². The number of benzene rings is 1. The SMILES string of the molecule is CC1(C)CC(Nc2cccc(-n3cccn3)c2)C(C)(C)O1. The smallest absolute Gasteiger partial charge is 0.0834 e. The first-order valence-electron chi connectivity index (χ1n) is 7.43. The summed E-state index contributed by atoms with van der Waals surface area (Å²) in [5.41, 5.74) is 1.90. The summed E-state index contributed by atoms with van der Waals surface area (Å²) in [7, 11) is 0. The zero-order valence-electron chi connectivity index (χ0n) is 13.1. The van der Waals surface area contributed by atoms with Gasteiger partial charge >= 0.3 is 0 Å². The molecule has 0 radical (unpaired) electrons. The maximum atomic E-state index is 6.14. The fourth-order valence-electron chi connectivity index (χ4n) is 3.15. The lowest BCUT2D eigenvalue weighted by Crippen LogP contribution is -2.38. The summed E-state index contributed by atoms with van der Waals surface area (Å²) in [5, 5.41) is 7.90. The molecule has 1 atom stereocenters. The summed E-state index contributed by atoms with van der Waals surface area (Å²) >= 11 is 0. The van der Waals surface area contributed by atoms with Gasteiger partial charge in [-0.25, -0.2) is 4.68 Å². The number of hydrogen-bond donors (Lipinski definition) is 1. The van der Waals surface area contributed by atoms with Gasteiger partial charge < -0.3 is 10.1 Å². The normalized spacial score (nSPS) is 23.1. The Hall–Kier alpha value is -1.81. The van der Waals surface area contributed by atoms with Crippen molar-refractivity contribution < 1.29 is 4.74 Å². The summed E-state index contributed by atoms with van der Waals surface area (Å²) in [5.74, 6) is 0. The van der Waals surface area contributed by atoms with E-state index in [-0.39, 0.29) is 11.2 Å². The molecule has 0 bridgehead atoms. The highest BCUT2D eigenvalue weighted by atomic mass is 16.5. The van der Waals surface area contributed by atoms with Gasteiger partial charge in [-0.1, -0.05) is 6.07 Å². The van der Waals surface area contributed by atoms with E-state index in [1.807, 2.05) is 23.0 Å². The van der Waals surface area contributed by atoms with Gasteiger partial charge in [0.2, 0.25) is 0 Å². The number of hydrogen-bond acceptors (Lipinski definition) is 3. The molecule has 1 saturated heterocycles. The van der Waals surface area contributed by atoms with Crippen molar-refractivity contribution in [2.75, 3.05) is 5.32 Å². The molecular formula is C17H23N3O. The first kappa shape index (κ1) is 14.1. The quantitative estimate of drug-likeness (QED) is 0.936. The molecule has 0 saturated carbocycles. The number of rotatable bonds is 3. The highest BCUT2D eigenvalue weighted by Gasteiger charge is 2.45. The minimum absolute atomic E-state index is 0.0826. The molecule has 1 aliphatic heterocycles. The second-order valence-electron chi connectivity index (χ2n) is 6.87. The van der Waals surface area contributed by atoms with Crippen molar-refractivity contribution >= 4 is 5.69 Å². The molecule has 0 aliphatic carbocycles. The summed E-state index contributed by atoms with van der Waals surface area (Å²) < 4.78 is 8.01. The highest BCUT2D eigenvalue weighted by Crippen LogP contribution is 2.38. The summed E-state index contributed by atoms with van der Waals surface area (Å²) in [6.07, 6.45) is 4.73. The Kier molecular flexibility index (Phi) is 3.29. The van der Waals surface area contributed by atoms with Crippen LogP contribution in [0.2, 0.25) is 0 Å². The molecule has 4 heteroatoms. The van der Waals surface area contributed by atoms with Gasteiger partial charge in [-0.2, -0.15) is 5.10 Å². The van der Waals surface area contributed by atoms with Crippen LogP contribution in [-0.4, -0.2) is 27.0 Å². The van der Waals surface area contributed by atoms with Gasteiger partial charge in [0, 0.05) is 18.1 Å². The van der Waals surface area contributed by atoms with Gasteiger partial charge in [-0.05, 0) is 58.4 Å². The minimum atomic E-state index is -0.175. The second kappa shape index (κ2) is 4.88. The van der Waals surface area contributed by atoms with Crippen molar-refractivity contribution in [3.63, 3.8) is 0 Å². The van der Waals surface area contributed by atoms with Crippen LogP contribution in [0.15, 0.2) is 42.7 Å². The summed E-state index contributed by atoms with van der Waals surface area (Å²) in [6.45, 7) is 8.60. The Balaban J connectivity index is 1.81. The summed E-state index contributed by atoms with van der Waals surface area (Å²) in [6, 6.07) is 10.5. The molecule has 21 heavy (non-hydrogen) atoms. The maximum Gasteiger partial charge on any atom is 0.0834 e. The molecule has 3 rings (SSSR count). The lowest BCUT2D eigenvalue weighted by molar-refractivity contribution is -0.0662. The molecule has 1 unspecified atom stereocenters. The minimum Gasteiger partial charge on any atom is -0.379 e. The van der Waals surface area contributed by atoms with E-state index in [4.69, 9.17) is 4.74 Å². The maximum absolute atomic E-state index is 6.14. The van der Waals surface area contributed by atoms with Crippen LogP contribution < -0.4 is 5.32 Å². The second-order valence-corrected chi connectivity index (χ2v) is 6.87. The van der Waals surface area contributed by atoms with Crippen LogP contribution in [0.3, 0.4) is 0 Å². The Morgan fingerprint density at radius 1 is 1.24 bits per heavy atom.